The number of nitrogens with zero attached hydrogens (tertiary/aromatic N) is 1. The number of hydrogen-bond acceptors (Lipinski definition) is 4. The summed E-state index contributed by atoms with van der Waals surface area (Å²) in [5.74, 6) is 0.106. The maximum atomic E-state index is 11.2. The first-order valence-electron chi connectivity index (χ1n) is 6.80. The van der Waals surface area contributed by atoms with E-state index >= 15 is 0 Å². The molecule has 1 heterocycles. The number of aliphatic carboxylic acids is 1. The summed E-state index contributed by atoms with van der Waals surface area (Å²) in [7, 11) is 0. The summed E-state index contributed by atoms with van der Waals surface area (Å²) in [6, 6.07) is 0. The van der Waals surface area contributed by atoms with Crippen LogP contribution in [0.5, 0.6) is 0 Å². The summed E-state index contributed by atoms with van der Waals surface area (Å²) in [6.45, 7) is 3.42. The van der Waals surface area contributed by atoms with Gasteiger partial charge in [0.1, 0.15) is 10.4 Å². The smallest absolute Gasteiger partial charge is 0.315 e. The average Bonchev–Trinajstić information content (AvgIpc) is 2.87. The summed E-state index contributed by atoms with van der Waals surface area (Å²) >= 11 is 3.57. The molecule has 0 aromatic carbocycles. The second-order valence-corrected chi connectivity index (χ2v) is 7.86. The van der Waals surface area contributed by atoms with E-state index in [1.807, 2.05) is 17.1 Å². The van der Waals surface area contributed by atoms with Gasteiger partial charge >= 0.3 is 5.97 Å². The van der Waals surface area contributed by atoms with Crippen LogP contribution in [0.15, 0.2) is 5.38 Å². The van der Waals surface area contributed by atoms with Gasteiger partial charge in [-0.05, 0) is 26.7 Å². The van der Waals surface area contributed by atoms with Gasteiger partial charge in [-0.1, -0.05) is 19.3 Å². The third-order valence-electron chi connectivity index (χ3n) is 3.72. The van der Waals surface area contributed by atoms with Crippen LogP contribution in [0.1, 0.15) is 56.7 Å². The zero-order valence-corrected chi connectivity index (χ0v) is 13.1. The van der Waals surface area contributed by atoms with Crippen LogP contribution in [-0.4, -0.2) is 21.3 Å². The molecule has 5 heteroatoms. The fourth-order valence-electron chi connectivity index (χ4n) is 2.19. The highest BCUT2D eigenvalue weighted by Crippen LogP contribution is 2.32. The van der Waals surface area contributed by atoms with Crippen molar-refractivity contribution in [3.05, 3.63) is 16.1 Å². The largest absolute Gasteiger partial charge is 0.481 e. The summed E-state index contributed by atoms with van der Waals surface area (Å²) < 4.78 is 0. The fourth-order valence-corrected chi connectivity index (χ4v) is 4.53. The Labute approximate surface area is 122 Å². The molecule has 19 heavy (non-hydrogen) atoms. The Bertz CT molecular complexity index is 436. The zero-order valence-electron chi connectivity index (χ0n) is 11.5. The Kier molecular flexibility index (Phi) is 4.90. The molecule has 106 valence electrons. The minimum absolute atomic E-state index is 0.684. The van der Waals surface area contributed by atoms with E-state index in [9.17, 15) is 9.90 Å². The number of carboxylic acid groups (broad SMARTS) is 1. The Hall–Kier alpha value is -0.550. The maximum Gasteiger partial charge on any atom is 0.315 e. The molecule has 1 fully saturated rings. The SMILES string of the molecule is CC(C)(C(=O)O)c1csc(CSC2CCCCC2)n1. The Morgan fingerprint density at radius 3 is 2.79 bits per heavy atom. The highest BCUT2D eigenvalue weighted by atomic mass is 32.2. The Morgan fingerprint density at radius 1 is 1.47 bits per heavy atom. The molecule has 1 aromatic heterocycles. The normalized spacial score (nSPS) is 17.6. The van der Waals surface area contributed by atoms with E-state index < -0.39 is 11.4 Å². The van der Waals surface area contributed by atoms with Gasteiger partial charge in [-0.2, -0.15) is 11.8 Å². The minimum atomic E-state index is -0.885. The Morgan fingerprint density at radius 2 is 2.16 bits per heavy atom. The van der Waals surface area contributed by atoms with E-state index in [1.54, 1.807) is 25.2 Å². The van der Waals surface area contributed by atoms with Crippen molar-refractivity contribution in [2.24, 2.45) is 0 Å². The molecule has 0 bridgehead atoms. The van der Waals surface area contributed by atoms with Crippen molar-refractivity contribution in [1.82, 2.24) is 4.98 Å². The predicted molar refractivity (Wildman–Crippen MR) is 80.9 cm³/mol. The van der Waals surface area contributed by atoms with Crippen LogP contribution in [0.2, 0.25) is 0 Å². The summed E-state index contributed by atoms with van der Waals surface area (Å²) in [4.78, 5) is 15.7. The molecule has 2 rings (SSSR count). The van der Waals surface area contributed by atoms with Crippen LogP contribution < -0.4 is 0 Å². The molecule has 0 amide bonds. The lowest BCUT2D eigenvalue weighted by Crippen LogP contribution is -2.28. The highest BCUT2D eigenvalue weighted by Gasteiger charge is 2.32. The van der Waals surface area contributed by atoms with Crippen LogP contribution in [0.4, 0.5) is 0 Å². The summed E-state index contributed by atoms with van der Waals surface area (Å²) in [6.07, 6.45) is 6.73. The van der Waals surface area contributed by atoms with E-state index in [4.69, 9.17) is 0 Å². The molecular formula is C14H21NO2S2. The van der Waals surface area contributed by atoms with Gasteiger partial charge in [0.2, 0.25) is 0 Å². The molecule has 0 spiro atoms. The molecular weight excluding hydrogens is 278 g/mol. The van der Waals surface area contributed by atoms with Crippen molar-refractivity contribution in [1.29, 1.82) is 0 Å². The van der Waals surface area contributed by atoms with Gasteiger partial charge in [0.15, 0.2) is 0 Å². The fraction of sp³-hybridized carbons (Fsp3) is 0.714. The molecule has 0 unspecified atom stereocenters. The van der Waals surface area contributed by atoms with Crippen molar-refractivity contribution < 1.29 is 9.90 Å². The monoisotopic (exact) mass is 299 g/mol. The van der Waals surface area contributed by atoms with Gasteiger partial charge < -0.3 is 5.11 Å². The molecule has 1 aromatic rings. The molecule has 1 N–H and O–H groups in total. The maximum absolute atomic E-state index is 11.2. The van der Waals surface area contributed by atoms with Crippen LogP contribution in [0.3, 0.4) is 0 Å². The van der Waals surface area contributed by atoms with Gasteiger partial charge in [-0.3, -0.25) is 4.79 Å². The number of rotatable bonds is 5. The van der Waals surface area contributed by atoms with Gasteiger partial charge in [0, 0.05) is 16.4 Å². The first-order chi connectivity index (χ1) is 9.00. The number of thioether (sulfide) groups is 1. The van der Waals surface area contributed by atoms with Crippen molar-refractivity contribution >= 4 is 29.1 Å². The van der Waals surface area contributed by atoms with Crippen LogP contribution in [-0.2, 0) is 16.0 Å². The number of thiazole rings is 1. The topological polar surface area (TPSA) is 50.2 Å². The standard InChI is InChI=1S/C14H21NO2S2/c1-14(2,13(16)17)11-8-19-12(15-11)9-18-10-6-4-3-5-7-10/h8,10H,3-7,9H2,1-2H3,(H,16,17). The first-order valence-corrected chi connectivity index (χ1v) is 8.73. The van der Waals surface area contributed by atoms with Crippen LogP contribution >= 0.6 is 23.1 Å². The van der Waals surface area contributed by atoms with Crippen LogP contribution in [0.25, 0.3) is 0 Å². The molecule has 1 aliphatic rings. The highest BCUT2D eigenvalue weighted by molar-refractivity contribution is 7.99. The number of hydrogen-bond donors (Lipinski definition) is 1. The van der Waals surface area contributed by atoms with Crippen molar-refractivity contribution in [3.63, 3.8) is 0 Å². The second kappa shape index (κ2) is 6.27. The molecule has 0 aliphatic heterocycles. The van der Waals surface area contributed by atoms with Crippen LogP contribution in [0, 0.1) is 0 Å². The second-order valence-electron chi connectivity index (χ2n) is 5.63. The molecule has 0 saturated heterocycles. The molecule has 3 nitrogen and oxygen atoms in total. The summed E-state index contributed by atoms with van der Waals surface area (Å²) in [5, 5.41) is 12.9. The molecule has 1 aliphatic carbocycles. The third-order valence-corrected chi connectivity index (χ3v) is 6.14. The molecule has 0 radical (unpaired) electrons. The Balaban J connectivity index is 1.92. The van der Waals surface area contributed by atoms with E-state index in [0.717, 1.165) is 16.0 Å². The quantitative estimate of drug-likeness (QED) is 0.890. The van der Waals surface area contributed by atoms with E-state index in [-0.39, 0.29) is 0 Å². The van der Waals surface area contributed by atoms with E-state index in [1.165, 1.54) is 32.1 Å². The lowest BCUT2D eigenvalue weighted by Gasteiger charge is -2.20. The molecule has 1 saturated carbocycles. The van der Waals surface area contributed by atoms with Gasteiger partial charge in [-0.15, -0.1) is 11.3 Å². The lowest BCUT2D eigenvalue weighted by molar-refractivity contribution is -0.142. The van der Waals surface area contributed by atoms with E-state index in [0.29, 0.717) is 5.69 Å². The van der Waals surface area contributed by atoms with E-state index in [2.05, 4.69) is 4.98 Å². The first kappa shape index (κ1) is 14.9. The minimum Gasteiger partial charge on any atom is -0.481 e. The molecule has 0 atom stereocenters. The van der Waals surface area contributed by atoms with Gasteiger partial charge in [0.05, 0.1) is 5.69 Å². The van der Waals surface area contributed by atoms with Crippen molar-refractivity contribution in [3.8, 4) is 0 Å². The number of carbonyl (C=O) groups is 1. The average molecular weight is 299 g/mol. The predicted octanol–water partition coefficient (Wildman–Crippen LogP) is 4.07. The lowest BCUT2D eigenvalue weighted by atomic mass is 9.90. The van der Waals surface area contributed by atoms with Gasteiger partial charge in [0.25, 0.3) is 0 Å². The number of aromatic nitrogens is 1. The zero-order chi connectivity index (χ0) is 13.9. The number of carboxylic acids is 1. The summed E-state index contributed by atoms with van der Waals surface area (Å²) in [5.41, 5.74) is -0.200. The third kappa shape index (κ3) is 3.72. The van der Waals surface area contributed by atoms with Crippen molar-refractivity contribution in [2.45, 2.75) is 62.4 Å². The van der Waals surface area contributed by atoms with Gasteiger partial charge in [-0.25, -0.2) is 4.98 Å². The van der Waals surface area contributed by atoms with Crippen molar-refractivity contribution in [2.75, 3.05) is 0 Å².